The summed E-state index contributed by atoms with van der Waals surface area (Å²) in [4.78, 5) is 11.4. The lowest BCUT2D eigenvalue weighted by Crippen LogP contribution is -2.34. The van der Waals surface area contributed by atoms with Crippen molar-refractivity contribution in [2.24, 2.45) is 5.73 Å². The number of hydrogen-bond acceptors (Lipinski definition) is 5. The van der Waals surface area contributed by atoms with E-state index < -0.39 is 0 Å². The zero-order valence-corrected chi connectivity index (χ0v) is 9.90. The zero-order valence-electron chi connectivity index (χ0n) is 9.90. The Labute approximate surface area is 98.0 Å². The molecule has 0 aliphatic rings. The maximum Gasteiger partial charge on any atom is 0.364 e. The van der Waals surface area contributed by atoms with Gasteiger partial charge in [-0.2, -0.15) is 9.61 Å². The number of aromatic nitrogens is 4. The Morgan fingerprint density at radius 2 is 2.29 bits per heavy atom. The molecule has 0 amide bonds. The summed E-state index contributed by atoms with van der Waals surface area (Å²) >= 11 is 0. The zero-order chi connectivity index (χ0) is 12.5. The summed E-state index contributed by atoms with van der Waals surface area (Å²) in [7, 11) is 0. The highest BCUT2D eigenvalue weighted by Gasteiger charge is 2.17. The van der Waals surface area contributed by atoms with Gasteiger partial charge in [0.15, 0.2) is 5.65 Å². The van der Waals surface area contributed by atoms with E-state index in [4.69, 9.17) is 5.73 Å². The van der Waals surface area contributed by atoms with E-state index in [1.54, 1.807) is 12.1 Å². The maximum absolute atomic E-state index is 11.4. The molecule has 2 rings (SSSR count). The highest BCUT2D eigenvalue weighted by molar-refractivity contribution is 5.44. The second-order valence-corrected chi connectivity index (χ2v) is 4.56. The predicted molar refractivity (Wildman–Crippen MR) is 65.0 cm³/mol. The highest BCUT2D eigenvalue weighted by Crippen LogP contribution is 2.15. The number of aromatic amines is 1. The van der Waals surface area contributed by atoms with Crippen LogP contribution < -0.4 is 16.7 Å². The topological polar surface area (TPSA) is 101 Å². The Hall–Kier alpha value is -1.89. The van der Waals surface area contributed by atoms with Gasteiger partial charge >= 0.3 is 5.69 Å². The number of nitrogens with zero attached hydrogens (tertiary/aromatic N) is 3. The molecule has 0 saturated heterocycles. The van der Waals surface area contributed by atoms with Gasteiger partial charge in [-0.05, 0) is 38.9 Å². The lowest BCUT2D eigenvalue weighted by Gasteiger charge is -2.25. The molecule has 0 aliphatic carbocycles. The molecule has 0 unspecified atom stereocenters. The highest BCUT2D eigenvalue weighted by atomic mass is 16.2. The average molecular weight is 236 g/mol. The normalized spacial score (nSPS) is 11.9. The maximum atomic E-state index is 11.4. The van der Waals surface area contributed by atoms with E-state index in [0.717, 1.165) is 6.42 Å². The molecule has 17 heavy (non-hydrogen) atoms. The molecule has 4 N–H and O–H groups in total. The van der Waals surface area contributed by atoms with Gasteiger partial charge in [0, 0.05) is 5.54 Å². The van der Waals surface area contributed by atoms with Crippen molar-refractivity contribution >= 4 is 11.5 Å². The van der Waals surface area contributed by atoms with Crippen molar-refractivity contribution in [3.8, 4) is 0 Å². The van der Waals surface area contributed by atoms with E-state index in [0.29, 0.717) is 18.0 Å². The minimum atomic E-state index is -0.347. The summed E-state index contributed by atoms with van der Waals surface area (Å²) in [5.74, 6) is 0.624. The van der Waals surface area contributed by atoms with Crippen LogP contribution in [0.5, 0.6) is 0 Å². The Kier molecular flexibility index (Phi) is 2.84. The molecule has 0 bridgehead atoms. The molecule has 2 heterocycles. The summed E-state index contributed by atoms with van der Waals surface area (Å²) in [6.07, 6.45) is 0.813. The third-order valence-corrected chi connectivity index (χ3v) is 2.51. The molecule has 0 spiro atoms. The van der Waals surface area contributed by atoms with Gasteiger partial charge in [0.1, 0.15) is 5.82 Å². The van der Waals surface area contributed by atoms with Crippen LogP contribution in [-0.4, -0.2) is 31.9 Å². The molecule has 7 nitrogen and oxygen atoms in total. The first kappa shape index (κ1) is 11.6. The van der Waals surface area contributed by atoms with E-state index in [2.05, 4.69) is 20.6 Å². The summed E-state index contributed by atoms with van der Waals surface area (Å²) < 4.78 is 1.22. The third-order valence-electron chi connectivity index (χ3n) is 2.51. The monoisotopic (exact) mass is 236 g/mol. The molecule has 0 aliphatic heterocycles. The lowest BCUT2D eigenvalue weighted by atomic mass is 10.0. The number of anilines is 1. The minimum Gasteiger partial charge on any atom is -0.364 e. The fourth-order valence-corrected chi connectivity index (χ4v) is 1.64. The Morgan fingerprint density at radius 3 is 3.00 bits per heavy atom. The molecule has 0 fully saturated rings. The molecule has 0 saturated carbocycles. The molecular weight excluding hydrogens is 220 g/mol. The van der Waals surface area contributed by atoms with Crippen LogP contribution in [0, 0.1) is 0 Å². The smallest absolute Gasteiger partial charge is 0.364 e. The fourth-order valence-electron chi connectivity index (χ4n) is 1.64. The number of nitrogens with two attached hydrogens (primary N) is 1. The van der Waals surface area contributed by atoms with Crippen molar-refractivity contribution in [2.45, 2.75) is 25.8 Å². The predicted octanol–water partition coefficient (Wildman–Crippen LogP) is -0.0431. The van der Waals surface area contributed by atoms with Crippen molar-refractivity contribution in [3.63, 3.8) is 0 Å². The molecule has 2 aromatic heterocycles. The third kappa shape index (κ3) is 2.44. The second kappa shape index (κ2) is 4.17. The van der Waals surface area contributed by atoms with Crippen molar-refractivity contribution in [1.82, 2.24) is 19.8 Å². The summed E-state index contributed by atoms with van der Waals surface area (Å²) in [5, 5.41) is 13.5. The van der Waals surface area contributed by atoms with Crippen LogP contribution in [0.15, 0.2) is 16.9 Å². The van der Waals surface area contributed by atoms with E-state index in [1.807, 2.05) is 13.8 Å². The SMILES string of the molecule is CC(C)(CCN)Nc1ccc2n[nH]c(=O)n2n1. The van der Waals surface area contributed by atoms with Crippen molar-refractivity contribution in [2.75, 3.05) is 11.9 Å². The molecule has 2 aromatic rings. The number of fused-ring (bicyclic) bond motifs is 1. The van der Waals surface area contributed by atoms with Crippen LogP contribution in [0.1, 0.15) is 20.3 Å². The Morgan fingerprint density at radius 1 is 1.53 bits per heavy atom. The van der Waals surface area contributed by atoms with Crippen LogP contribution >= 0.6 is 0 Å². The van der Waals surface area contributed by atoms with E-state index in [1.165, 1.54) is 4.52 Å². The molecule has 7 heteroatoms. The van der Waals surface area contributed by atoms with Crippen LogP contribution in [0.4, 0.5) is 5.82 Å². The number of hydrogen-bond donors (Lipinski definition) is 3. The largest absolute Gasteiger partial charge is 0.364 e. The van der Waals surface area contributed by atoms with Crippen LogP contribution in [-0.2, 0) is 0 Å². The van der Waals surface area contributed by atoms with Gasteiger partial charge in [-0.25, -0.2) is 9.89 Å². The minimum absolute atomic E-state index is 0.164. The van der Waals surface area contributed by atoms with Crippen LogP contribution in [0.25, 0.3) is 5.65 Å². The Balaban J connectivity index is 2.30. The number of nitrogens with one attached hydrogen (secondary N) is 2. The summed E-state index contributed by atoms with van der Waals surface area (Å²) in [6, 6.07) is 3.51. The summed E-state index contributed by atoms with van der Waals surface area (Å²) in [6.45, 7) is 4.65. The molecule has 92 valence electrons. The molecule has 0 radical (unpaired) electrons. The van der Waals surface area contributed by atoms with Gasteiger partial charge in [0.2, 0.25) is 0 Å². The van der Waals surface area contributed by atoms with Crippen LogP contribution in [0.2, 0.25) is 0 Å². The molecule has 0 aromatic carbocycles. The first-order valence-electron chi connectivity index (χ1n) is 5.44. The van der Waals surface area contributed by atoms with Crippen molar-refractivity contribution in [3.05, 3.63) is 22.6 Å². The van der Waals surface area contributed by atoms with E-state index in [-0.39, 0.29) is 11.2 Å². The van der Waals surface area contributed by atoms with Gasteiger partial charge in [-0.3, -0.25) is 0 Å². The first-order chi connectivity index (χ1) is 8.02. The average Bonchev–Trinajstić information content (AvgIpc) is 2.60. The van der Waals surface area contributed by atoms with Gasteiger partial charge in [-0.1, -0.05) is 0 Å². The van der Waals surface area contributed by atoms with Crippen LogP contribution in [0.3, 0.4) is 0 Å². The molecular formula is C10H16N6O. The lowest BCUT2D eigenvalue weighted by molar-refractivity contribution is 0.523. The van der Waals surface area contributed by atoms with Crippen molar-refractivity contribution in [1.29, 1.82) is 0 Å². The van der Waals surface area contributed by atoms with E-state index >= 15 is 0 Å². The van der Waals surface area contributed by atoms with E-state index in [9.17, 15) is 4.79 Å². The molecule has 0 atom stereocenters. The number of H-pyrrole nitrogens is 1. The summed E-state index contributed by atoms with van der Waals surface area (Å²) in [5.41, 5.74) is 5.52. The fraction of sp³-hybridized carbons (Fsp3) is 0.500. The van der Waals surface area contributed by atoms with Gasteiger partial charge in [0.25, 0.3) is 0 Å². The first-order valence-corrected chi connectivity index (χ1v) is 5.44. The standard InChI is InChI=1S/C10H16N6O/c1-10(2,5-6-11)12-7-3-4-8-13-14-9(17)16(8)15-7/h3-4H,5-6,11H2,1-2H3,(H,12,15)(H,14,17). The quantitative estimate of drug-likeness (QED) is 0.691. The van der Waals surface area contributed by atoms with Crippen molar-refractivity contribution < 1.29 is 0 Å². The van der Waals surface area contributed by atoms with Gasteiger partial charge in [-0.15, -0.1) is 5.10 Å². The van der Waals surface area contributed by atoms with Gasteiger partial charge < -0.3 is 11.1 Å². The Bertz CT molecular complexity index is 569. The van der Waals surface area contributed by atoms with Gasteiger partial charge in [0.05, 0.1) is 0 Å². The second-order valence-electron chi connectivity index (χ2n) is 4.56. The number of rotatable bonds is 4.